The quantitative estimate of drug-likeness (QED) is 0.828. The van der Waals surface area contributed by atoms with Crippen molar-refractivity contribution in [1.29, 1.82) is 0 Å². The van der Waals surface area contributed by atoms with Gasteiger partial charge in [0.1, 0.15) is 5.39 Å². The highest BCUT2D eigenvalue weighted by atomic mass is 16.5. The summed E-state index contributed by atoms with van der Waals surface area (Å²) in [5, 5.41) is 6.37. The molecule has 2 aromatic heterocycles. The topological polar surface area (TPSA) is 86.2 Å². The number of fused-ring (bicyclic) bond motifs is 1. The Morgan fingerprint density at radius 1 is 1.42 bits per heavy atom. The highest BCUT2D eigenvalue weighted by Gasteiger charge is 2.25. The molecule has 0 fully saturated rings. The lowest BCUT2D eigenvalue weighted by Crippen LogP contribution is -2.11. The summed E-state index contributed by atoms with van der Waals surface area (Å²) in [6.45, 7) is 4.09. The van der Waals surface area contributed by atoms with Crippen molar-refractivity contribution in [2.24, 2.45) is 7.05 Å². The van der Waals surface area contributed by atoms with E-state index >= 15 is 0 Å². The first-order valence-electron chi connectivity index (χ1n) is 5.97. The van der Waals surface area contributed by atoms with E-state index in [9.17, 15) is 9.59 Å². The smallest absolute Gasteiger partial charge is 0.358 e. The molecule has 2 rings (SSSR count). The summed E-state index contributed by atoms with van der Waals surface area (Å²) in [6.07, 6.45) is 1.47. The molecule has 0 unspecified atom stereocenters. The fraction of sp³-hybridized carbons (Fsp3) is 0.417. The third-order valence-corrected chi connectivity index (χ3v) is 2.73. The second-order valence-electron chi connectivity index (χ2n) is 3.85. The first-order chi connectivity index (χ1) is 9.11. The van der Waals surface area contributed by atoms with Crippen molar-refractivity contribution in [2.75, 3.05) is 13.2 Å². The Hall–Kier alpha value is -2.31. The van der Waals surface area contributed by atoms with Crippen molar-refractivity contribution in [3.63, 3.8) is 0 Å². The number of nitrogens with zero attached hydrogens (tertiary/aromatic N) is 2. The zero-order chi connectivity index (χ0) is 14.0. The number of ether oxygens (including phenoxy) is 2. The second-order valence-corrected chi connectivity index (χ2v) is 3.85. The van der Waals surface area contributed by atoms with E-state index in [1.165, 1.54) is 6.20 Å². The van der Waals surface area contributed by atoms with Crippen LogP contribution in [0, 0.1) is 0 Å². The van der Waals surface area contributed by atoms with E-state index in [1.54, 1.807) is 25.5 Å². The highest BCUT2D eigenvalue weighted by molar-refractivity contribution is 6.01. The molecule has 0 atom stereocenters. The molecule has 19 heavy (non-hydrogen) atoms. The largest absolute Gasteiger partial charge is 0.490 e. The Bertz CT molecular complexity index is 671. The lowest BCUT2D eigenvalue weighted by Gasteiger charge is -2.07. The van der Waals surface area contributed by atoms with Gasteiger partial charge in [-0.25, -0.2) is 9.89 Å². The Balaban J connectivity index is 2.78. The van der Waals surface area contributed by atoms with E-state index in [1.807, 2.05) is 0 Å². The van der Waals surface area contributed by atoms with Crippen LogP contribution < -0.4 is 10.3 Å². The summed E-state index contributed by atoms with van der Waals surface area (Å²) in [5.74, 6) is -0.286. The third kappa shape index (κ3) is 2.07. The fourth-order valence-electron chi connectivity index (χ4n) is 1.97. The van der Waals surface area contributed by atoms with Crippen LogP contribution in [0.15, 0.2) is 11.0 Å². The van der Waals surface area contributed by atoms with Gasteiger partial charge in [-0.05, 0) is 13.8 Å². The number of aromatic amines is 1. The number of carbonyl (C=O) groups excluding carboxylic acids is 1. The maximum atomic E-state index is 12.0. The minimum absolute atomic E-state index is 0.220. The Labute approximate surface area is 109 Å². The van der Waals surface area contributed by atoms with Crippen LogP contribution in [0.3, 0.4) is 0 Å². The molecule has 0 aliphatic heterocycles. The highest BCUT2D eigenvalue weighted by Crippen LogP contribution is 2.30. The standard InChI is InChI=1S/C12H15N3O4/c1-4-18-10-8-7(6-13-14-11(8)16)15(3)9(10)12(17)19-5-2/h6H,4-5H2,1-3H3,(H,14,16). The van der Waals surface area contributed by atoms with E-state index in [4.69, 9.17) is 9.47 Å². The van der Waals surface area contributed by atoms with E-state index in [0.29, 0.717) is 17.5 Å². The number of nitrogens with one attached hydrogen (secondary N) is 1. The van der Waals surface area contributed by atoms with Crippen LogP contribution >= 0.6 is 0 Å². The van der Waals surface area contributed by atoms with Gasteiger partial charge in [0.2, 0.25) is 0 Å². The van der Waals surface area contributed by atoms with E-state index in [0.717, 1.165) is 0 Å². The van der Waals surface area contributed by atoms with Gasteiger partial charge in [0, 0.05) is 7.05 Å². The summed E-state index contributed by atoms with van der Waals surface area (Å²) in [5.41, 5.74) is 0.347. The van der Waals surface area contributed by atoms with Gasteiger partial charge in [-0.3, -0.25) is 4.79 Å². The molecule has 2 aromatic rings. The summed E-state index contributed by atoms with van der Waals surface area (Å²) in [7, 11) is 1.66. The first kappa shape index (κ1) is 13.1. The predicted molar refractivity (Wildman–Crippen MR) is 68.5 cm³/mol. The SMILES string of the molecule is CCOC(=O)c1c(OCC)c2c(=O)[nH]ncc2n1C. The van der Waals surface area contributed by atoms with Gasteiger partial charge < -0.3 is 14.0 Å². The average Bonchev–Trinajstić information content (AvgIpc) is 2.65. The monoisotopic (exact) mass is 265 g/mol. The minimum Gasteiger partial charge on any atom is -0.490 e. The van der Waals surface area contributed by atoms with Crippen molar-refractivity contribution in [3.05, 3.63) is 22.2 Å². The van der Waals surface area contributed by atoms with Gasteiger partial charge in [-0.1, -0.05) is 0 Å². The molecule has 102 valence electrons. The number of carbonyl (C=O) groups is 1. The molecular weight excluding hydrogens is 250 g/mol. The third-order valence-electron chi connectivity index (χ3n) is 2.73. The molecule has 0 aromatic carbocycles. The van der Waals surface area contributed by atoms with Crippen LogP contribution in [-0.4, -0.2) is 33.9 Å². The number of aryl methyl sites for hydroxylation is 1. The molecule has 7 nitrogen and oxygen atoms in total. The molecule has 0 amide bonds. The Kier molecular flexibility index (Phi) is 3.55. The number of aromatic nitrogens is 3. The molecule has 0 aliphatic carbocycles. The van der Waals surface area contributed by atoms with Crippen LogP contribution in [0.25, 0.3) is 10.9 Å². The van der Waals surface area contributed by atoms with E-state index < -0.39 is 11.5 Å². The van der Waals surface area contributed by atoms with Crippen molar-refractivity contribution < 1.29 is 14.3 Å². The number of hydrogen-bond acceptors (Lipinski definition) is 5. The molecule has 0 bridgehead atoms. The summed E-state index contributed by atoms with van der Waals surface area (Å²) >= 11 is 0. The fourth-order valence-corrected chi connectivity index (χ4v) is 1.97. The number of H-pyrrole nitrogens is 1. The molecule has 0 spiro atoms. The van der Waals surface area contributed by atoms with E-state index in [2.05, 4.69) is 10.2 Å². The van der Waals surface area contributed by atoms with Crippen LogP contribution in [-0.2, 0) is 11.8 Å². The normalized spacial score (nSPS) is 10.7. The van der Waals surface area contributed by atoms with Crippen LogP contribution in [0.4, 0.5) is 0 Å². The van der Waals surface area contributed by atoms with Gasteiger partial charge in [0.25, 0.3) is 5.56 Å². The van der Waals surface area contributed by atoms with Crippen molar-refractivity contribution in [1.82, 2.24) is 14.8 Å². The number of hydrogen-bond donors (Lipinski definition) is 1. The lowest BCUT2D eigenvalue weighted by molar-refractivity contribution is 0.0511. The van der Waals surface area contributed by atoms with Gasteiger partial charge >= 0.3 is 5.97 Å². The Morgan fingerprint density at radius 3 is 2.79 bits per heavy atom. The molecule has 0 saturated heterocycles. The number of rotatable bonds is 4. The minimum atomic E-state index is -0.524. The molecule has 0 saturated carbocycles. The average molecular weight is 265 g/mol. The van der Waals surface area contributed by atoms with E-state index in [-0.39, 0.29) is 18.1 Å². The molecule has 0 aliphatic rings. The summed E-state index contributed by atoms with van der Waals surface area (Å²) < 4.78 is 12.0. The lowest BCUT2D eigenvalue weighted by atomic mass is 10.3. The molecule has 2 heterocycles. The van der Waals surface area contributed by atoms with Crippen LogP contribution in [0.2, 0.25) is 0 Å². The van der Waals surface area contributed by atoms with Crippen LogP contribution in [0.5, 0.6) is 5.75 Å². The van der Waals surface area contributed by atoms with Crippen molar-refractivity contribution in [3.8, 4) is 5.75 Å². The maximum Gasteiger partial charge on any atom is 0.358 e. The maximum absolute atomic E-state index is 12.0. The molecular formula is C12H15N3O4. The molecule has 0 radical (unpaired) electrons. The van der Waals surface area contributed by atoms with Gasteiger partial charge in [-0.15, -0.1) is 0 Å². The summed E-state index contributed by atoms with van der Waals surface area (Å²) in [4.78, 5) is 23.8. The Morgan fingerprint density at radius 2 is 2.16 bits per heavy atom. The van der Waals surface area contributed by atoms with Crippen molar-refractivity contribution in [2.45, 2.75) is 13.8 Å². The van der Waals surface area contributed by atoms with Crippen molar-refractivity contribution >= 4 is 16.9 Å². The zero-order valence-corrected chi connectivity index (χ0v) is 11.0. The first-order valence-corrected chi connectivity index (χ1v) is 5.97. The van der Waals surface area contributed by atoms with Crippen LogP contribution in [0.1, 0.15) is 24.3 Å². The van der Waals surface area contributed by atoms with Gasteiger partial charge in [-0.2, -0.15) is 5.10 Å². The molecule has 7 heteroatoms. The van der Waals surface area contributed by atoms with Gasteiger partial charge in [0.15, 0.2) is 11.4 Å². The second kappa shape index (κ2) is 5.13. The number of esters is 1. The summed E-state index contributed by atoms with van der Waals surface area (Å²) in [6, 6.07) is 0. The van der Waals surface area contributed by atoms with Gasteiger partial charge in [0.05, 0.1) is 24.9 Å². The molecule has 1 N–H and O–H groups in total. The predicted octanol–water partition coefficient (Wildman–Crippen LogP) is 0.837. The zero-order valence-electron chi connectivity index (χ0n) is 11.0.